The number of rotatable bonds is 8. The van der Waals surface area contributed by atoms with Gasteiger partial charge in [0.05, 0.1) is 17.2 Å². The number of hydrogen-bond acceptors (Lipinski definition) is 9. The highest BCUT2D eigenvalue weighted by Crippen LogP contribution is 2.37. The van der Waals surface area contributed by atoms with Gasteiger partial charge in [0.1, 0.15) is 11.6 Å². The number of oxazole rings is 1. The van der Waals surface area contributed by atoms with E-state index < -0.39 is 12.2 Å². The second-order valence-corrected chi connectivity index (χ2v) is 13.1. The number of hydrogen-bond donors (Lipinski definition) is 3. The molecule has 2 aromatic heterocycles. The number of carbonyl (C=O) groups is 1. The van der Waals surface area contributed by atoms with Gasteiger partial charge in [0.25, 0.3) is 0 Å². The van der Waals surface area contributed by atoms with Crippen molar-refractivity contribution in [1.82, 2.24) is 24.3 Å². The van der Waals surface area contributed by atoms with Crippen LogP contribution >= 0.6 is 0 Å². The molecule has 5 aromatic rings. The van der Waals surface area contributed by atoms with Crippen molar-refractivity contribution < 1.29 is 19.4 Å². The number of fused-ring (bicyclic) bond motifs is 2. The number of anilines is 1. The Bertz CT molecular complexity index is 2090. The zero-order valence-corrected chi connectivity index (χ0v) is 27.6. The van der Waals surface area contributed by atoms with Crippen molar-refractivity contribution in [2.75, 3.05) is 32.0 Å². The second-order valence-electron chi connectivity index (χ2n) is 13.1. The van der Waals surface area contributed by atoms with Gasteiger partial charge >= 0.3 is 5.97 Å². The lowest BCUT2D eigenvalue weighted by atomic mass is 9.93. The standard InChI is InChI=1S/C37H39N7O4/c1-21-26(27-8-6-10-29(22(27)2)40-35(45)34-39-31-20-42(3)13-12-32(31)43(34)4)7-5-9-28(21)36-41-30-16-23(15-25(17-38)33(30)48-36)18-44-14-11-24(19-44)37(46)47/h5-10,15-16,24,35,40,45H,11-14,18-20H2,1-4H3,(H,46,47)/t24-,35?/m1/s1. The number of aliphatic carboxylic acids is 1. The van der Waals surface area contributed by atoms with Crippen LogP contribution in [0.25, 0.3) is 33.7 Å². The number of likely N-dealkylation sites (N-methyl/N-ethyl adjacent to an activating group) is 1. The van der Waals surface area contributed by atoms with Gasteiger partial charge in [-0.05, 0) is 85.9 Å². The smallest absolute Gasteiger partial charge is 0.307 e. The number of imidazole rings is 1. The monoisotopic (exact) mass is 645 g/mol. The van der Waals surface area contributed by atoms with Gasteiger partial charge in [0.15, 0.2) is 17.6 Å². The molecule has 0 radical (unpaired) electrons. The minimum atomic E-state index is -0.977. The van der Waals surface area contributed by atoms with Gasteiger partial charge in [0, 0.05) is 56.6 Å². The molecule has 3 aromatic carbocycles. The number of nitriles is 1. The summed E-state index contributed by atoms with van der Waals surface area (Å²) >= 11 is 0. The van der Waals surface area contributed by atoms with Gasteiger partial charge in [-0.25, -0.2) is 9.97 Å². The summed E-state index contributed by atoms with van der Waals surface area (Å²) in [6, 6.07) is 18.0. The molecule has 2 aliphatic rings. The molecule has 2 atom stereocenters. The fourth-order valence-corrected chi connectivity index (χ4v) is 7.20. The average molecular weight is 646 g/mol. The lowest BCUT2D eigenvalue weighted by molar-refractivity contribution is -0.141. The summed E-state index contributed by atoms with van der Waals surface area (Å²) in [6.07, 6.45) is 0.545. The number of aliphatic hydroxyl groups excluding tert-OH is 1. The SMILES string of the molecule is Cc1c(NC(O)c2nc3c(n2C)CCN(C)C3)cccc1-c1cccc(-c2nc3cc(CN4CC[C@@H](C(=O)O)C4)cc(C#N)c3o2)c1C. The molecule has 11 nitrogen and oxygen atoms in total. The van der Waals surface area contributed by atoms with Crippen molar-refractivity contribution in [3.8, 4) is 28.7 Å². The van der Waals surface area contributed by atoms with E-state index in [4.69, 9.17) is 14.4 Å². The minimum Gasteiger partial charge on any atom is -0.481 e. The molecular weight excluding hydrogens is 606 g/mol. The molecule has 3 N–H and O–H groups in total. The molecule has 0 aliphatic carbocycles. The largest absolute Gasteiger partial charge is 0.481 e. The summed E-state index contributed by atoms with van der Waals surface area (Å²) < 4.78 is 8.26. The summed E-state index contributed by atoms with van der Waals surface area (Å²) in [5.74, 6) is -0.108. The van der Waals surface area contributed by atoms with E-state index in [1.165, 1.54) is 5.69 Å². The number of aliphatic hydroxyl groups is 1. The second kappa shape index (κ2) is 12.5. The van der Waals surface area contributed by atoms with E-state index in [1.807, 2.05) is 61.9 Å². The molecule has 0 spiro atoms. The van der Waals surface area contributed by atoms with Gasteiger partial charge in [-0.3, -0.25) is 9.69 Å². The van der Waals surface area contributed by atoms with Crippen molar-refractivity contribution in [2.24, 2.45) is 13.0 Å². The molecule has 2 aliphatic heterocycles. The van der Waals surface area contributed by atoms with Crippen LogP contribution in [0.2, 0.25) is 0 Å². The summed E-state index contributed by atoms with van der Waals surface area (Å²) in [5, 5.41) is 33.9. The van der Waals surface area contributed by atoms with Crippen molar-refractivity contribution in [3.63, 3.8) is 0 Å². The Balaban J connectivity index is 1.17. The minimum absolute atomic E-state index is 0.364. The molecule has 1 unspecified atom stereocenters. The number of nitrogens with one attached hydrogen (secondary N) is 1. The highest BCUT2D eigenvalue weighted by molar-refractivity contribution is 5.85. The van der Waals surface area contributed by atoms with Crippen LogP contribution in [0.1, 0.15) is 52.1 Å². The highest BCUT2D eigenvalue weighted by atomic mass is 16.4. The third-order valence-electron chi connectivity index (χ3n) is 9.90. The molecule has 0 amide bonds. The van der Waals surface area contributed by atoms with Crippen LogP contribution in [0.5, 0.6) is 0 Å². The Morgan fingerprint density at radius 1 is 1.08 bits per heavy atom. The summed E-state index contributed by atoms with van der Waals surface area (Å²) in [5.41, 5.74) is 10.1. The third-order valence-corrected chi connectivity index (χ3v) is 9.90. The average Bonchev–Trinajstić information content (AvgIpc) is 3.79. The van der Waals surface area contributed by atoms with Crippen molar-refractivity contribution in [3.05, 3.63) is 88.0 Å². The maximum Gasteiger partial charge on any atom is 0.307 e. The van der Waals surface area contributed by atoms with E-state index in [0.29, 0.717) is 54.4 Å². The maximum absolute atomic E-state index is 11.4. The molecule has 11 heteroatoms. The first-order valence-corrected chi connectivity index (χ1v) is 16.3. The van der Waals surface area contributed by atoms with E-state index >= 15 is 0 Å². The van der Waals surface area contributed by atoms with Crippen molar-refractivity contribution in [1.29, 1.82) is 5.26 Å². The number of nitrogens with zero attached hydrogens (tertiary/aromatic N) is 6. The quantitative estimate of drug-likeness (QED) is 0.188. The van der Waals surface area contributed by atoms with Crippen LogP contribution in [-0.4, -0.2) is 67.2 Å². The third kappa shape index (κ3) is 5.72. The summed E-state index contributed by atoms with van der Waals surface area (Å²) in [7, 11) is 4.05. The van der Waals surface area contributed by atoms with Crippen molar-refractivity contribution >= 4 is 22.8 Å². The number of carboxylic acid groups (broad SMARTS) is 1. The maximum atomic E-state index is 11.4. The summed E-state index contributed by atoms with van der Waals surface area (Å²) in [4.78, 5) is 25.4. The Hall–Kier alpha value is -5.02. The summed E-state index contributed by atoms with van der Waals surface area (Å²) in [6.45, 7) is 7.54. The number of likely N-dealkylation sites (tertiary alicyclic amines) is 1. The van der Waals surface area contributed by atoms with Gasteiger partial charge in [-0.1, -0.05) is 24.3 Å². The fourth-order valence-electron chi connectivity index (χ4n) is 7.20. The fraction of sp³-hybridized carbons (Fsp3) is 0.351. The molecule has 48 heavy (non-hydrogen) atoms. The molecule has 4 heterocycles. The highest BCUT2D eigenvalue weighted by Gasteiger charge is 2.29. The first kappa shape index (κ1) is 31.6. The molecular formula is C37H39N7O4. The van der Waals surface area contributed by atoms with Gasteiger partial charge < -0.3 is 29.4 Å². The van der Waals surface area contributed by atoms with E-state index in [0.717, 1.165) is 64.3 Å². The zero-order valence-electron chi connectivity index (χ0n) is 27.6. The van der Waals surface area contributed by atoms with Gasteiger partial charge in [-0.15, -0.1) is 0 Å². The molecule has 1 saturated heterocycles. The predicted octanol–water partition coefficient (Wildman–Crippen LogP) is 5.38. The number of benzene rings is 3. The Kier molecular flexibility index (Phi) is 8.25. The Morgan fingerprint density at radius 3 is 2.58 bits per heavy atom. The van der Waals surface area contributed by atoms with Crippen LogP contribution in [0.3, 0.4) is 0 Å². The number of carboxylic acids is 1. The van der Waals surface area contributed by atoms with Crippen LogP contribution in [-0.2, 0) is 31.4 Å². The van der Waals surface area contributed by atoms with Crippen LogP contribution in [0.15, 0.2) is 52.9 Å². The molecule has 7 rings (SSSR count). The first-order chi connectivity index (χ1) is 23.1. The number of aromatic nitrogens is 3. The van der Waals surface area contributed by atoms with E-state index in [1.54, 1.807) is 0 Å². The van der Waals surface area contributed by atoms with Crippen LogP contribution in [0.4, 0.5) is 5.69 Å². The Labute approximate surface area is 279 Å². The van der Waals surface area contributed by atoms with Gasteiger partial charge in [0.2, 0.25) is 5.89 Å². The van der Waals surface area contributed by atoms with E-state index in [9.17, 15) is 20.3 Å². The predicted molar refractivity (Wildman–Crippen MR) is 182 cm³/mol. The van der Waals surface area contributed by atoms with Crippen LogP contribution in [0, 0.1) is 31.1 Å². The molecule has 246 valence electrons. The Morgan fingerprint density at radius 2 is 1.83 bits per heavy atom. The topological polar surface area (TPSA) is 144 Å². The molecule has 1 fully saturated rings. The van der Waals surface area contributed by atoms with E-state index in [-0.39, 0.29) is 5.92 Å². The van der Waals surface area contributed by atoms with Crippen molar-refractivity contribution in [2.45, 2.75) is 46.0 Å². The first-order valence-electron chi connectivity index (χ1n) is 16.3. The zero-order chi connectivity index (χ0) is 33.7. The van der Waals surface area contributed by atoms with E-state index in [2.05, 4.69) is 40.4 Å². The lowest BCUT2D eigenvalue weighted by Crippen LogP contribution is -2.27. The molecule has 0 saturated carbocycles. The lowest BCUT2D eigenvalue weighted by Gasteiger charge is -2.22. The van der Waals surface area contributed by atoms with Crippen LogP contribution < -0.4 is 5.32 Å². The molecule has 0 bridgehead atoms. The van der Waals surface area contributed by atoms with Gasteiger partial charge in [-0.2, -0.15) is 5.26 Å². The normalized spacial score (nSPS) is 17.4.